The zero-order chi connectivity index (χ0) is 31.7. The molecular formula is C38H56N2O2. The van der Waals surface area contributed by atoms with Crippen LogP contribution in [0.5, 0.6) is 11.5 Å². The van der Waals surface area contributed by atoms with Crippen LogP contribution in [0, 0.1) is 0 Å². The van der Waals surface area contributed by atoms with E-state index in [2.05, 4.69) is 142 Å². The second-order valence-corrected chi connectivity index (χ2v) is 16.0. The van der Waals surface area contributed by atoms with Crippen molar-refractivity contribution in [2.75, 3.05) is 6.54 Å². The van der Waals surface area contributed by atoms with Crippen molar-refractivity contribution in [1.29, 1.82) is 0 Å². The van der Waals surface area contributed by atoms with Gasteiger partial charge in [-0.15, -0.1) is 0 Å². The van der Waals surface area contributed by atoms with Crippen LogP contribution in [0.1, 0.15) is 128 Å². The summed E-state index contributed by atoms with van der Waals surface area (Å²) in [5, 5.41) is 30.0. The molecule has 3 aromatic rings. The lowest BCUT2D eigenvalue weighted by molar-refractivity contribution is 0.422. The molecule has 0 heterocycles. The van der Waals surface area contributed by atoms with Gasteiger partial charge in [0.2, 0.25) is 0 Å². The lowest BCUT2D eigenvalue weighted by atomic mass is 9.79. The number of hydrogen-bond donors (Lipinski definition) is 4. The third-order valence-electron chi connectivity index (χ3n) is 8.13. The first-order valence-electron chi connectivity index (χ1n) is 15.4. The van der Waals surface area contributed by atoms with Crippen molar-refractivity contribution >= 4 is 0 Å². The van der Waals surface area contributed by atoms with E-state index in [1.54, 1.807) is 0 Å². The van der Waals surface area contributed by atoms with Crippen molar-refractivity contribution in [3.05, 3.63) is 93.5 Å². The standard InChI is InChI=1S/C38H56N2O2/c1-35(2,3)28-18-26(33(41)30(20-28)37(7,8)9)22-39-24-32(25-16-14-13-15-17-25)40-23-27-19-29(36(4,5)6)21-31(34(27)42)38(10,11)12/h13-21,32,39-42H,22-24H2,1-12H3/t32-/m0/s1. The Labute approximate surface area is 256 Å². The molecule has 0 radical (unpaired) electrons. The predicted octanol–water partition coefficient (Wildman–Crippen LogP) is 8.91. The molecule has 42 heavy (non-hydrogen) atoms. The lowest BCUT2D eigenvalue weighted by Crippen LogP contribution is -2.32. The zero-order valence-electron chi connectivity index (χ0n) is 28.3. The summed E-state index contributed by atoms with van der Waals surface area (Å²) in [5.74, 6) is 0.757. The number of phenols is 2. The molecule has 1 atom stereocenters. The fourth-order valence-electron chi connectivity index (χ4n) is 5.25. The van der Waals surface area contributed by atoms with Gasteiger partial charge in [-0.25, -0.2) is 0 Å². The fraction of sp³-hybridized carbons (Fsp3) is 0.526. The van der Waals surface area contributed by atoms with Gasteiger partial charge in [0.15, 0.2) is 0 Å². The molecule has 0 amide bonds. The van der Waals surface area contributed by atoms with Crippen LogP contribution in [0.15, 0.2) is 54.6 Å². The first-order valence-corrected chi connectivity index (χ1v) is 15.4. The van der Waals surface area contributed by atoms with E-state index in [0.29, 0.717) is 31.1 Å². The molecule has 4 N–H and O–H groups in total. The third kappa shape index (κ3) is 8.39. The second kappa shape index (κ2) is 12.4. The van der Waals surface area contributed by atoms with E-state index >= 15 is 0 Å². The Balaban J connectivity index is 1.90. The van der Waals surface area contributed by atoms with Gasteiger partial charge in [0, 0.05) is 36.8 Å². The summed E-state index contributed by atoms with van der Waals surface area (Å²) in [6, 6.07) is 19.1. The first kappa shape index (κ1) is 33.7. The normalized spacial score (nSPS) is 13.8. The molecule has 230 valence electrons. The fourth-order valence-corrected chi connectivity index (χ4v) is 5.25. The van der Waals surface area contributed by atoms with Gasteiger partial charge in [0.1, 0.15) is 11.5 Å². The molecular weight excluding hydrogens is 516 g/mol. The van der Waals surface area contributed by atoms with Gasteiger partial charge in [-0.05, 0) is 49.5 Å². The maximum absolute atomic E-state index is 11.4. The van der Waals surface area contributed by atoms with E-state index in [-0.39, 0.29) is 27.7 Å². The molecule has 0 aliphatic heterocycles. The predicted molar refractivity (Wildman–Crippen MR) is 179 cm³/mol. The van der Waals surface area contributed by atoms with Crippen LogP contribution in [0.2, 0.25) is 0 Å². The van der Waals surface area contributed by atoms with Crippen LogP contribution in [-0.4, -0.2) is 16.8 Å². The highest BCUT2D eigenvalue weighted by atomic mass is 16.3. The molecule has 0 aliphatic carbocycles. The second-order valence-electron chi connectivity index (χ2n) is 16.0. The monoisotopic (exact) mass is 572 g/mol. The number of aromatic hydroxyl groups is 2. The largest absolute Gasteiger partial charge is 0.507 e. The van der Waals surface area contributed by atoms with Crippen molar-refractivity contribution in [1.82, 2.24) is 10.6 Å². The molecule has 0 fully saturated rings. The van der Waals surface area contributed by atoms with Gasteiger partial charge < -0.3 is 20.8 Å². The van der Waals surface area contributed by atoms with Crippen LogP contribution >= 0.6 is 0 Å². The van der Waals surface area contributed by atoms with Crippen molar-refractivity contribution in [2.24, 2.45) is 0 Å². The summed E-state index contributed by atoms with van der Waals surface area (Å²) in [6.07, 6.45) is 0. The van der Waals surface area contributed by atoms with E-state index in [9.17, 15) is 10.2 Å². The SMILES string of the molecule is CC(C)(C)c1cc(CNC[C@H](NCc2cc(C(C)(C)C)cc(C(C)(C)C)c2O)c2ccccc2)c(O)c(C(C)(C)C)c1. The highest BCUT2D eigenvalue weighted by Gasteiger charge is 2.27. The molecule has 3 rings (SSSR count). The zero-order valence-corrected chi connectivity index (χ0v) is 28.3. The van der Waals surface area contributed by atoms with E-state index in [4.69, 9.17) is 0 Å². The highest BCUT2D eigenvalue weighted by molar-refractivity contribution is 5.50. The molecule has 0 spiro atoms. The van der Waals surface area contributed by atoms with Crippen LogP contribution < -0.4 is 10.6 Å². The summed E-state index contributed by atoms with van der Waals surface area (Å²) >= 11 is 0. The summed E-state index contributed by atoms with van der Waals surface area (Å²) in [7, 11) is 0. The van der Waals surface area contributed by atoms with E-state index in [1.807, 2.05) is 6.07 Å². The van der Waals surface area contributed by atoms with E-state index in [1.165, 1.54) is 16.7 Å². The number of nitrogens with one attached hydrogen (secondary N) is 2. The Kier molecular flexibility index (Phi) is 9.96. The minimum absolute atomic E-state index is 0.0111. The maximum atomic E-state index is 11.4. The lowest BCUT2D eigenvalue weighted by Gasteiger charge is -2.29. The van der Waals surface area contributed by atoms with Crippen LogP contribution in [-0.2, 0) is 34.7 Å². The van der Waals surface area contributed by atoms with Crippen molar-refractivity contribution in [3.8, 4) is 11.5 Å². The van der Waals surface area contributed by atoms with Gasteiger partial charge in [-0.2, -0.15) is 0 Å². The molecule has 0 saturated heterocycles. The Morgan fingerprint density at radius 3 is 1.40 bits per heavy atom. The van der Waals surface area contributed by atoms with Crippen LogP contribution in [0.3, 0.4) is 0 Å². The van der Waals surface area contributed by atoms with Gasteiger partial charge in [0.25, 0.3) is 0 Å². The quantitative estimate of drug-likeness (QED) is 0.218. The number of rotatable bonds is 8. The molecule has 0 unspecified atom stereocenters. The van der Waals surface area contributed by atoms with Crippen molar-refractivity contribution < 1.29 is 10.2 Å². The summed E-state index contributed by atoms with van der Waals surface area (Å²) < 4.78 is 0. The number of benzene rings is 3. The van der Waals surface area contributed by atoms with Crippen LogP contribution in [0.25, 0.3) is 0 Å². The van der Waals surface area contributed by atoms with Crippen LogP contribution in [0.4, 0.5) is 0 Å². The molecule has 0 aliphatic rings. The Hall–Kier alpha value is -2.82. The minimum Gasteiger partial charge on any atom is -0.507 e. The Morgan fingerprint density at radius 2 is 1.00 bits per heavy atom. The minimum atomic E-state index is -0.171. The van der Waals surface area contributed by atoms with Gasteiger partial charge in [-0.1, -0.05) is 138 Å². The average Bonchev–Trinajstić information content (AvgIpc) is 2.85. The van der Waals surface area contributed by atoms with Gasteiger partial charge in [-0.3, -0.25) is 0 Å². The van der Waals surface area contributed by atoms with E-state index in [0.717, 1.165) is 22.3 Å². The smallest absolute Gasteiger partial charge is 0.123 e. The van der Waals surface area contributed by atoms with E-state index < -0.39 is 0 Å². The summed E-state index contributed by atoms with van der Waals surface area (Å²) in [4.78, 5) is 0. The highest BCUT2D eigenvalue weighted by Crippen LogP contribution is 2.39. The third-order valence-corrected chi connectivity index (χ3v) is 8.13. The summed E-state index contributed by atoms with van der Waals surface area (Å²) in [6.45, 7) is 28.0. The number of hydrogen-bond acceptors (Lipinski definition) is 4. The van der Waals surface area contributed by atoms with Crippen molar-refractivity contribution in [2.45, 2.75) is 124 Å². The molecule has 0 bridgehead atoms. The van der Waals surface area contributed by atoms with Gasteiger partial charge in [0.05, 0.1) is 0 Å². The van der Waals surface area contributed by atoms with Crippen molar-refractivity contribution in [3.63, 3.8) is 0 Å². The molecule has 0 aromatic heterocycles. The molecule has 0 saturated carbocycles. The number of phenolic OH excluding ortho intramolecular Hbond substituents is 2. The average molecular weight is 573 g/mol. The topological polar surface area (TPSA) is 64.5 Å². The molecule has 4 heteroatoms. The Morgan fingerprint density at radius 1 is 0.571 bits per heavy atom. The van der Waals surface area contributed by atoms with Gasteiger partial charge >= 0.3 is 0 Å². The molecule has 4 nitrogen and oxygen atoms in total. The maximum Gasteiger partial charge on any atom is 0.123 e. The molecule has 3 aromatic carbocycles. The first-order chi connectivity index (χ1) is 19.2. The Bertz CT molecular complexity index is 1350. The summed E-state index contributed by atoms with van der Waals surface area (Å²) in [5.41, 5.74) is 7.03.